The van der Waals surface area contributed by atoms with Gasteiger partial charge in [-0.3, -0.25) is 0 Å². The van der Waals surface area contributed by atoms with Crippen molar-refractivity contribution < 1.29 is 13.2 Å². The second-order valence-electron chi connectivity index (χ2n) is 5.25. The molecule has 0 radical (unpaired) electrons. The fourth-order valence-electron chi connectivity index (χ4n) is 2.84. The van der Waals surface area contributed by atoms with Gasteiger partial charge in [-0.25, -0.2) is 0 Å². The Labute approximate surface area is 108 Å². The molecule has 4 heteroatoms. The van der Waals surface area contributed by atoms with Gasteiger partial charge in [0.05, 0.1) is 5.92 Å². The number of halogens is 3. The Balaban J connectivity index is 2.58. The van der Waals surface area contributed by atoms with E-state index in [0.29, 0.717) is 12.8 Å². The van der Waals surface area contributed by atoms with Gasteiger partial charge in [0.25, 0.3) is 0 Å². The zero-order valence-electron chi connectivity index (χ0n) is 11.1. The summed E-state index contributed by atoms with van der Waals surface area (Å²) in [4.78, 5) is 0. The third kappa shape index (κ3) is 4.63. The highest BCUT2D eigenvalue weighted by molar-refractivity contribution is 4.88. The third-order valence-corrected chi connectivity index (χ3v) is 3.82. The number of alkyl halides is 3. The van der Waals surface area contributed by atoms with E-state index < -0.39 is 12.1 Å². The minimum atomic E-state index is -4.03. The van der Waals surface area contributed by atoms with Crippen LogP contribution < -0.4 is 5.32 Å². The second kappa shape index (κ2) is 7.17. The van der Waals surface area contributed by atoms with Crippen LogP contribution in [0.4, 0.5) is 13.2 Å². The maximum atomic E-state index is 12.8. The Morgan fingerprint density at radius 1 is 1.39 bits per heavy atom. The molecule has 1 aliphatic carbocycles. The molecule has 0 heterocycles. The summed E-state index contributed by atoms with van der Waals surface area (Å²) < 4.78 is 38.3. The first-order valence-corrected chi connectivity index (χ1v) is 6.90. The molecule has 1 fully saturated rings. The van der Waals surface area contributed by atoms with Crippen molar-refractivity contribution in [3.8, 4) is 0 Å². The van der Waals surface area contributed by atoms with Gasteiger partial charge >= 0.3 is 6.18 Å². The normalized spacial score (nSPS) is 26.9. The minimum absolute atomic E-state index is 0.134. The number of rotatable bonds is 6. The van der Waals surface area contributed by atoms with Crippen LogP contribution in [0.3, 0.4) is 0 Å². The van der Waals surface area contributed by atoms with E-state index in [1.54, 1.807) is 0 Å². The van der Waals surface area contributed by atoms with Crippen LogP contribution in [0.25, 0.3) is 0 Å². The summed E-state index contributed by atoms with van der Waals surface area (Å²) >= 11 is 0. The van der Waals surface area contributed by atoms with E-state index >= 15 is 0 Å². The van der Waals surface area contributed by atoms with Crippen LogP contribution in [-0.4, -0.2) is 18.8 Å². The van der Waals surface area contributed by atoms with Gasteiger partial charge in [-0.1, -0.05) is 19.4 Å². The number of hydrogen-bond donors (Lipinski definition) is 1. The van der Waals surface area contributed by atoms with Gasteiger partial charge in [0, 0.05) is 6.04 Å². The van der Waals surface area contributed by atoms with E-state index in [2.05, 4.69) is 18.8 Å². The second-order valence-corrected chi connectivity index (χ2v) is 5.25. The van der Waals surface area contributed by atoms with Crippen LogP contribution in [0, 0.1) is 11.8 Å². The Kier molecular flexibility index (Phi) is 6.19. The first-order chi connectivity index (χ1) is 8.49. The summed E-state index contributed by atoms with van der Waals surface area (Å²) in [5.74, 6) is -0.970. The molecule has 1 aliphatic rings. The quantitative estimate of drug-likeness (QED) is 0.704. The highest BCUT2D eigenvalue weighted by Crippen LogP contribution is 2.41. The highest BCUT2D eigenvalue weighted by atomic mass is 19.4. The summed E-state index contributed by atoms with van der Waals surface area (Å²) in [5.41, 5.74) is 0. The lowest BCUT2D eigenvalue weighted by Gasteiger charge is -2.35. The average Bonchev–Trinajstić information content (AvgIpc) is 2.33. The average molecular weight is 263 g/mol. The van der Waals surface area contributed by atoms with Crippen molar-refractivity contribution >= 4 is 0 Å². The summed E-state index contributed by atoms with van der Waals surface area (Å²) in [7, 11) is 0. The van der Waals surface area contributed by atoms with E-state index in [-0.39, 0.29) is 18.4 Å². The molecule has 0 saturated heterocycles. The largest absolute Gasteiger partial charge is 0.391 e. The highest BCUT2D eigenvalue weighted by Gasteiger charge is 2.43. The predicted octanol–water partition coefficient (Wildman–Crippen LogP) is 4.30. The van der Waals surface area contributed by atoms with Gasteiger partial charge in [-0.2, -0.15) is 13.2 Å². The molecule has 1 rings (SSSR count). The third-order valence-electron chi connectivity index (χ3n) is 3.82. The lowest BCUT2D eigenvalue weighted by Crippen LogP contribution is -2.41. The van der Waals surface area contributed by atoms with Crippen molar-refractivity contribution in [1.29, 1.82) is 0 Å². The van der Waals surface area contributed by atoms with Crippen molar-refractivity contribution in [1.82, 2.24) is 5.32 Å². The molecular weight excluding hydrogens is 239 g/mol. The predicted molar refractivity (Wildman–Crippen MR) is 68.4 cm³/mol. The zero-order chi connectivity index (χ0) is 13.6. The van der Waals surface area contributed by atoms with Crippen molar-refractivity contribution in [3.63, 3.8) is 0 Å². The molecule has 1 nitrogen and oxygen atoms in total. The van der Waals surface area contributed by atoms with Gasteiger partial charge in [-0.15, -0.1) is 6.58 Å². The van der Waals surface area contributed by atoms with Crippen LogP contribution in [-0.2, 0) is 0 Å². The van der Waals surface area contributed by atoms with E-state index in [1.165, 1.54) is 0 Å². The maximum Gasteiger partial charge on any atom is 0.391 e. The molecule has 0 aromatic rings. The van der Waals surface area contributed by atoms with Crippen LogP contribution in [0.5, 0.6) is 0 Å². The Hall–Kier alpha value is -0.510. The first-order valence-electron chi connectivity index (χ1n) is 6.90. The van der Waals surface area contributed by atoms with Gasteiger partial charge in [-0.05, 0) is 44.6 Å². The van der Waals surface area contributed by atoms with Gasteiger partial charge < -0.3 is 5.32 Å². The Bertz CT molecular complexity index is 250. The SMILES string of the molecule is C=CCC(NCCC)C1CCCC(C(F)(F)F)C1. The van der Waals surface area contributed by atoms with Crippen molar-refractivity contribution in [2.24, 2.45) is 11.8 Å². The van der Waals surface area contributed by atoms with Crippen molar-refractivity contribution in [3.05, 3.63) is 12.7 Å². The van der Waals surface area contributed by atoms with Crippen molar-refractivity contribution in [2.75, 3.05) is 6.54 Å². The maximum absolute atomic E-state index is 12.8. The molecule has 0 bridgehead atoms. The van der Waals surface area contributed by atoms with E-state index in [0.717, 1.165) is 25.8 Å². The first kappa shape index (κ1) is 15.5. The zero-order valence-corrected chi connectivity index (χ0v) is 11.1. The van der Waals surface area contributed by atoms with Crippen LogP contribution in [0.15, 0.2) is 12.7 Å². The molecule has 0 aliphatic heterocycles. The molecule has 3 unspecified atom stereocenters. The molecule has 18 heavy (non-hydrogen) atoms. The lowest BCUT2D eigenvalue weighted by molar-refractivity contribution is -0.186. The standard InChI is InChI=1S/C14H24F3N/c1-3-6-13(18-9-4-2)11-7-5-8-12(10-11)14(15,16)17/h3,11-13,18H,1,4-10H2,2H3. The molecule has 0 amide bonds. The monoisotopic (exact) mass is 263 g/mol. The molecule has 106 valence electrons. The minimum Gasteiger partial charge on any atom is -0.313 e. The van der Waals surface area contributed by atoms with Crippen LogP contribution >= 0.6 is 0 Å². The van der Waals surface area contributed by atoms with Crippen LogP contribution in [0.1, 0.15) is 45.4 Å². The van der Waals surface area contributed by atoms with Gasteiger partial charge in [0.15, 0.2) is 0 Å². The smallest absolute Gasteiger partial charge is 0.313 e. The summed E-state index contributed by atoms with van der Waals surface area (Å²) in [6, 6.07) is 0.160. The molecule has 0 aromatic heterocycles. The molecule has 0 aromatic carbocycles. The fourth-order valence-corrected chi connectivity index (χ4v) is 2.84. The Morgan fingerprint density at radius 2 is 2.11 bits per heavy atom. The van der Waals surface area contributed by atoms with E-state index in [9.17, 15) is 13.2 Å². The summed E-state index contributed by atoms with van der Waals surface area (Å²) in [6.07, 6.45) is 1.72. The van der Waals surface area contributed by atoms with Gasteiger partial charge in [0.1, 0.15) is 0 Å². The molecular formula is C14H24F3N. The summed E-state index contributed by atoms with van der Waals surface area (Å²) in [5, 5.41) is 3.37. The number of hydrogen-bond acceptors (Lipinski definition) is 1. The lowest BCUT2D eigenvalue weighted by atomic mass is 9.76. The molecule has 1 saturated carbocycles. The fraction of sp³-hybridized carbons (Fsp3) is 0.857. The van der Waals surface area contributed by atoms with E-state index in [4.69, 9.17) is 0 Å². The van der Waals surface area contributed by atoms with E-state index in [1.807, 2.05) is 6.08 Å². The molecule has 1 N–H and O–H groups in total. The van der Waals surface area contributed by atoms with Crippen LogP contribution in [0.2, 0.25) is 0 Å². The molecule has 0 spiro atoms. The topological polar surface area (TPSA) is 12.0 Å². The summed E-state index contributed by atoms with van der Waals surface area (Å²) in [6.45, 7) is 6.64. The number of nitrogens with one attached hydrogen (secondary N) is 1. The Morgan fingerprint density at radius 3 is 2.67 bits per heavy atom. The van der Waals surface area contributed by atoms with Crippen molar-refractivity contribution in [2.45, 2.75) is 57.7 Å². The molecule has 3 atom stereocenters. The van der Waals surface area contributed by atoms with Gasteiger partial charge in [0.2, 0.25) is 0 Å².